The second-order valence-electron chi connectivity index (χ2n) is 4.38. The Balaban J connectivity index is 2.53. The van der Waals surface area contributed by atoms with Gasteiger partial charge in [0, 0.05) is 6.54 Å². The molecule has 0 bridgehead atoms. The number of hydrogen-bond donors (Lipinski definition) is 0. The summed E-state index contributed by atoms with van der Waals surface area (Å²) < 4.78 is 0. The summed E-state index contributed by atoms with van der Waals surface area (Å²) in [5.74, 6) is 0.134. The normalized spacial score (nSPS) is 23.5. The molecule has 0 unspecified atom stereocenters. The molecule has 0 saturated carbocycles. The van der Waals surface area contributed by atoms with Crippen LogP contribution in [-0.4, -0.2) is 23.4 Å². The number of rotatable bonds is 7. The number of nitrogens with zero attached hydrogens (tertiary/aromatic N) is 1. The Bertz CT molecular complexity index is 343. The predicted molar refractivity (Wildman–Crippen MR) is 72.6 cm³/mol. The first kappa shape index (κ1) is 13.5. The molecule has 0 spiro atoms. The number of likely N-dealkylation sites (tertiary alicyclic amines) is 1. The van der Waals surface area contributed by atoms with Gasteiger partial charge in [0.2, 0.25) is 5.91 Å². The van der Waals surface area contributed by atoms with Gasteiger partial charge >= 0.3 is 0 Å². The van der Waals surface area contributed by atoms with E-state index in [-0.39, 0.29) is 17.9 Å². The molecule has 0 aromatic rings. The van der Waals surface area contributed by atoms with Gasteiger partial charge in [-0.05, 0) is 19.3 Å². The molecule has 1 rings (SSSR count). The van der Waals surface area contributed by atoms with Gasteiger partial charge in [0.1, 0.15) is 0 Å². The Morgan fingerprint density at radius 1 is 1.35 bits per heavy atom. The highest BCUT2D eigenvalue weighted by molar-refractivity contribution is 5.83. The molecule has 0 aromatic heterocycles. The van der Waals surface area contributed by atoms with Crippen molar-refractivity contribution < 1.29 is 4.79 Å². The van der Waals surface area contributed by atoms with Crippen LogP contribution in [0.5, 0.6) is 0 Å². The largest absolute Gasteiger partial charge is 0.336 e. The lowest BCUT2D eigenvalue weighted by Gasteiger charge is -2.22. The van der Waals surface area contributed by atoms with Crippen LogP contribution in [0.3, 0.4) is 0 Å². The number of carbonyl (C=O) groups excluding carboxylic acids is 1. The van der Waals surface area contributed by atoms with E-state index in [1.54, 1.807) is 12.2 Å². The van der Waals surface area contributed by atoms with Gasteiger partial charge in [-0.2, -0.15) is 0 Å². The smallest absolute Gasteiger partial charge is 0.230 e. The van der Waals surface area contributed by atoms with Crippen molar-refractivity contribution >= 4 is 5.91 Å². The first-order chi connectivity index (χ1) is 8.13. The van der Waals surface area contributed by atoms with Crippen LogP contribution in [0.1, 0.15) is 19.3 Å². The van der Waals surface area contributed by atoms with Gasteiger partial charge in [-0.3, -0.25) is 4.79 Å². The maximum Gasteiger partial charge on any atom is 0.230 e. The number of carbonyl (C=O) groups is 1. The highest BCUT2D eigenvalue weighted by Crippen LogP contribution is 2.26. The Labute approximate surface area is 104 Å². The van der Waals surface area contributed by atoms with Gasteiger partial charge in [-0.15, -0.1) is 13.2 Å². The molecule has 1 heterocycles. The van der Waals surface area contributed by atoms with Crippen molar-refractivity contribution in [2.75, 3.05) is 6.54 Å². The summed E-state index contributed by atoms with van der Waals surface area (Å²) in [4.78, 5) is 13.9. The summed E-state index contributed by atoms with van der Waals surface area (Å²) >= 11 is 0. The highest BCUT2D eigenvalue weighted by Gasteiger charge is 2.35. The number of allylic oxidation sites excluding steroid dienone is 2. The highest BCUT2D eigenvalue weighted by atomic mass is 16.2. The SMILES string of the molecule is C=CC(=C)CCCN1C(=O)[C@@H](C=C)C[C@H]1C=C. The van der Waals surface area contributed by atoms with Crippen molar-refractivity contribution in [2.45, 2.75) is 25.3 Å². The van der Waals surface area contributed by atoms with Crippen molar-refractivity contribution in [3.8, 4) is 0 Å². The first-order valence-electron chi connectivity index (χ1n) is 5.99. The minimum absolute atomic E-state index is 0.0411. The van der Waals surface area contributed by atoms with E-state index in [0.717, 1.165) is 31.4 Å². The zero-order chi connectivity index (χ0) is 12.8. The van der Waals surface area contributed by atoms with Crippen molar-refractivity contribution in [1.29, 1.82) is 0 Å². The summed E-state index contributed by atoms with van der Waals surface area (Å²) in [5.41, 5.74) is 1.02. The molecule has 2 nitrogen and oxygen atoms in total. The third-order valence-corrected chi connectivity index (χ3v) is 3.24. The van der Waals surface area contributed by atoms with Crippen LogP contribution < -0.4 is 0 Å². The standard InChI is InChI=1S/C15H21NO/c1-5-12(4)9-8-10-16-14(7-3)11-13(6-2)15(16)17/h5-7,13-14H,1-4,8-11H2/t13-,14+/m0/s1. The lowest BCUT2D eigenvalue weighted by atomic mass is 10.1. The Hall–Kier alpha value is -1.57. The fourth-order valence-corrected chi connectivity index (χ4v) is 2.14. The summed E-state index contributed by atoms with van der Waals surface area (Å²) in [6, 6.07) is 0.155. The molecular formula is C15H21NO. The van der Waals surface area contributed by atoms with E-state index in [1.807, 2.05) is 11.0 Å². The van der Waals surface area contributed by atoms with E-state index in [2.05, 4.69) is 26.3 Å². The van der Waals surface area contributed by atoms with Gasteiger partial charge in [0.15, 0.2) is 0 Å². The third-order valence-electron chi connectivity index (χ3n) is 3.24. The summed E-state index contributed by atoms with van der Waals surface area (Å²) in [6.07, 6.45) is 7.98. The van der Waals surface area contributed by atoms with Gasteiger partial charge in [0.05, 0.1) is 12.0 Å². The molecule has 0 aromatic carbocycles. The topological polar surface area (TPSA) is 20.3 Å². The molecule has 92 valence electrons. The molecule has 1 saturated heterocycles. The molecule has 2 heteroatoms. The second kappa shape index (κ2) is 6.24. The Morgan fingerprint density at radius 3 is 2.59 bits per heavy atom. The zero-order valence-electron chi connectivity index (χ0n) is 10.4. The maximum absolute atomic E-state index is 12.0. The maximum atomic E-state index is 12.0. The number of hydrogen-bond acceptors (Lipinski definition) is 1. The molecule has 2 atom stereocenters. The van der Waals surface area contributed by atoms with E-state index in [0.29, 0.717) is 0 Å². The Morgan fingerprint density at radius 2 is 2.06 bits per heavy atom. The summed E-state index contributed by atoms with van der Waals surface area (Å²) in [7, 11) is 0. The number of amides is 1. The first-order valence-corrected chi connectivity index (χ1v) is 5.99. The third kappa shape index (κ3) is 3.19. The molecule has 0 aliphatic carbocycles. The van der Waals surface area contributed by atoms with Crippen LogP contribution in [0.4, 0.5) is 0 Å². The van der Waals surface area contributed by atoms with Gasteiger partial charge in [-0.25, -0.2) is 0 Å². The van der Waals surface area contributed by atoms with E-state index < -0.39 is 0 Å². The molecule has 0 N–H and O–H groups in total. The van der Waals surface area contributed by atoms with Crippen LogP contribution in [-0.2, 0) is 4.79 Å². The average Bonchev–Trinajstić information content (AvgIpc) is 2.65. The van der Waals surface area contributed by atoms with E-state index in [1.165, 1.54) is 0 Å². The molecular weight excluding hydrogens is 210 g/mol. The minimum atomic E-state index is -0.0411. The van der Waals surface area contributed by atoms with Gasteiger partial charge in [0.25, 0.3) is 0 Å². The van der Waals surface area contributed by atoms with E-state index in [9.17, 15) is 4.79 Å². The van der Waals surface area contributed by atoms with Crippen LogP contribution >= 0.6 is 0 Å². The van der Waals surface area contributed by atoms with Crippen molar-refractivity contribution in [3.05, 3.63) is 50.1 Å². The van der Waals surface area contributed by atoms with Crippen LogP contribution in [0, 0.1) is 5.92 Å². The molecule has 1 fully saturated rings. The fourth-order valence-electron chi connectivity index (χ4n) is 2.14. The lowest BCUT2D eigenvalue weighted by molar-refractivity contribution is -0.130. The van der Waals surface area contributed by atoms with E-state index >= 15 is 0 Å². The quantitative estimate of drug-likeness (QED) is 0.487. The Kier molecular flexibility index (Phi) is 4.95. The fraction of sp³-hybridized carbons (Fsp3) is 0.400. The zero-order valence-corrected chi connectivity index (χ0v) is 10.4. The summed E-state index contributed by atoms with van der Waals surface area (Å²) in [6.45, 7) is 15.8. The monoisotopic (exact) mass is 231 g/mol. The minimum Gasteiger partial charge on any atom is -0.336 e. The van der Waals surface area contributed by atoms with Crippen LogP contribution in [0.2, 0.25) is 0 Å². The van der Waals surface area contributed by atoms with Crippen LogP contribution in [0.25, 0.3) is 0 Å². The van der Waals surface area contributed by atoms with Gasteiger partial charge in [-0.1, -0.05) is 37.0 Å². The van der Waals surface area contributed by atoms with Crippen molar-refractivity contribution in [2.24, 2.45) is 5.92 Å². The van der Waals surface area contributed by atoms with Gasteiger partial charge < -0.3 is 4.90 Å². The van der Waals surface area contributed by atoms with Crippen LogP contribution in [0.15, 0.2) is 50.1 Å². The molecule has 1 amide bonds. The molecule has 17 heavy (non-hydrogen) atoms. The summed E-state index contributed by atoms with van der Waals surface area (Å²) in [5, 5.41) is 0. The lowest BCUT2D eigenvalue weighted by Crippen LogP contribution is -2.33. The molecule has 1 aliphatic heterocycles. The second-order valence-corrected chi connectivity index (χ2v) is 4.38. The average molecular weight is 231 g/mol. The molecule has 0 radical (unpaired) electrons. The van der Waals surface area contributed by atoms with Crippen molar-refractivity contribution in [3.63, 3.8) is 0 Å². The molecule has 1 aliphatic rings. The predicted octanol–water partition coefficient (Wildman–Crippen LogP) is 3.10. The van der Waals surface area contributed by atoms with E-state index in [4.69, 9.17) is 0 Å². The van der Waals surface area contributed by atoms with Crippen molar-refractivity contribution in [1.82, 2.24) is 4.90 Å².